The van der Waals surface area contributed by atoms with E-state index >= 15 is 0 Å². The zero-order chi connectivity index (χ0) is 17.5. The molecule has 0 fully saturated rings. The summed E-state index contributed by atoms with van der Waals surface area (Å²) in [4.78, 5) is 34.8. The lowest BCUT2D eigenvalue weighted by Crippen LogP contribution is -2.21. The fourth-order valence-corrected chi connectivity index (χ4v) is 2.00. The number of methoxy groups -OCH3 is 1. The number of nitrogens with one attached hydrogen (secondary N) is 1. The Bertz CT molecular complexity index is 752. The third-order valence-electron chi connectivity index (χ3n) is 3.24. The fourth-order valence-electron chi connectivity index (χ4n) is 2.00. The Morgan fingerprint density at radius 3 is 2.29 bits per heavy atom. The third-order valence-corrected chi connectivity index (χ3v) is 3.24. The van der Waals surface area contributed by atoms with E-state index in [2.05, 4.69) is 10.1 Å². The third kappa shape index (κ3) is 4.42. The van der Waals surface area contributed by atoms with Crippen LogP contribution >= 0.6 is 0 Å². The van der Waals surface area contributed by atoms with E-state index in [1.807, 2.05) is 0 Å². The quantitative estimate of drug-likeness (QED) is 0.651. The summed E-state index contributed by atoms with van der Waals surface area (Å²) in [6.45, 7) is 1.25. The van der Waals surface area contributed by atoms with E-state index in [4.69, 9.17) is 4.74 Å². The minimum Gasteiger partial charge on any atom is -0.484 e. The van der Waals surface area contributed by atoms with Gasteiger partial charge in [-0.3, -0.25) is 9.59 Å². The maximum atomic E-state index is 12.0. The number of para-hydroxylation sites is 1. The van der Waals surface area contributed by atoms with Gasteiger partial charge in [-0.25, -0.2) is 4.79 Å². The molecule has 0 unspecified atom stereocenters. The molecule has 0 atom stereocenters. The predicted octanol–water partition coefficient (Wildman–Crippen LogP) is 2.69. The normalized spacial score (nSPS) is 9.92. The van der Waals surface area contributed by atoms with Crippen LogP contribution < -0.4 is 10.1 Å². The van der Waals surface area contributed by atoms with E-state index in [1.54, 1.807) is 48.5 Å². The molecule has 0 bridgehead atoms. The molecule has 6 nitrogen and oxygen atoms in total. The SMILES string of the molecule is COC(=O)c1ccccc1NC(=O)COc1ccc(C(C)=O)cc1. The second kappa shape index (κ2) is 7.92. The molecule has 6 heteroatoms. The van der Waals surface area contributed by atoms with E-state index in [-0.39, 0.29) is 18.0 Å². The number of benzene rings is 2. The van der Waals surface area contributed by atoms with Gasteiger partial charge < -0.3 is 14.8 Å². The average Bonchev–Trinajstić information content (AvgIpc) is 2.60. The molecule has 2 aromatic rings. The van der Waals surface area contributed by atoms with Gasteiger partial charge in [-0.2, -0.15) is 0 Å². The van der Waals surface area contributed by atoms with Crippen LogP contribution in [0.3, 0.4) is 0 Å². The van der Waals surface area contributed by atoms with E-state index in [0.29, 0.717) is 17.0 Å². The summed E-state index contributed by atoms with van der Waals surface area (Å²) in [6, 6.07) is 13.0. The molecule has 24 heavy (non-hydrogen) atoms. The molecule has 1 amide bonds. The highest BCUT2D eigenvalue weighted by atomic mass is 16.5. The number of esters is 1. The first-order valence-electron chi connectivity index (χ1n) is 7.22. The number of hydrogen-bond donors (Lipinski definition) is 1. The number of amides is 1. The van der Waals surface area contributed by atoms with Gasteiger partial charge in [-0.15, -0.1) is 0 Å². The van der Waals surface area contributed by atoms with E-state index in [1.165, 1.54) is 14.0 Å². The van der Waals surface area contributed by atoms with Crippen molar-refractivity contribution < 1.29 is 23.9 Å². The summed E-state index contributed by atoms with van der Waals surface area (Å²) in [5, 5.41) is 2.61. The van der Waals surface area contributed by atoms with Crippen molar-refractivity contribution in [2.24, 2.45) is 0 Å². The highest BCUT2D eigenvalue weighted by molar-refractivity contribution is 6.01. The maximum absolute atomic E-state index is 12.0. The van der Waals surface area contributed by atoms with Gasteiger partial charge in [0.25, 0.3) is 5.91 Å². The second-order valence-corrected chi connectivity index (χ2v) is 4.95. The zero-order valence-corrected chi connectivity index (χ0v) is 13.4. The van der Waals surface area contributed by atoms with Gasteiger partial charge in [0.15, 0.2) is 12.4 Å². The first-order chi connectivity index (χ1) is 11.5. The van der Waals surface area contributed by atoms with Crippen molar-refractivity contribution in [3.63, 3.8) is 0 Å². The molecule has 124 valence electrons. The number of ketones is 1. The molecular weight excluding hydrogens is 310 g/mol. The van der Waals surface area contributed by atoms with Crippen molar-refractivity contribution in [3.05, 3.63) is 59.7 Å². The molecule has 0 aliphatic carbocycles. The van der Waals surface area contributed by atoms with Gasteiger partial charge in [-0.05, 0) is 43.3 Å². The standard InChI is InChI=1S/C18H17NO5/c1-12(20)13-7-9-14(10-8-13)24-11-17(21)19-16-6-4-3-5-15(16)18(22)23-2/h3-10H,11H2,1-2H3,(H,19,21). The van der Waals surface area contributed by atoms with Crippen molar-refractivity contribution in [1.82, 2.24) is 0 Å². The van der Waals surface area contributed by atoms with E-state index in [0.717, 1.165) is 0 Å². The van der Waals surface area contributed by atoms with Crippen LogP contribution in [-0.2, 0) is 9.53 Å². The first-order valence-corrected chi connectivity index (χ1v) is 7.22. The fraction of sp³-hybridized carbons (Fsp3) is 0.167. The largest absolute Gasteiger partial charge is 0.484 e. The highest BCUT2D eigenvalue weighted by Crippen LogP contribution is 2.16. The molecule has 0 radical (unpaired) electrons. The number of hydrogen-bond acceptors (Lipinski definition) is 5. The van der Waals surface area contributed by atoms with Crippen LogP contribution in [0.15, 0.2) is 48.5 Å². The Morgan fingerprint density at radius 2 is 1.67 bits per heavy atom. The first kappa shape index (κ1) is 17.2. The molecule has 1 N–H and O–H groups in total. The minimum absolute atomic E-state index is 0.0429. The zero-order valence-electron chi connectivity index (χ0n) is 13.4. The van der Waals surface area contributed by atoms with Crippen LogP contribution in [-0.4, -0.2) is 31.4 Å². The number of carbonyl (C=O) groups is 3. The lowest BCUT2D eigenvalue weighted by atomic mass is 10.1. The van der Waals surface area contributed by atoms with Gasteiger partial charge >= 0.3 is 5.97 Å². The van der Waals surface area contributed by atoms with Crippen LogP contribution in [0.25, 0.3) is 0 Å². The van der Waals surface area contributed by atoms with Gasteiger partial charge in [0, 0.05) is 5.56 Å². The molecular formula is C18H17NO5. The molecule has 0 aliphatic heterocycles. The lowest BCUT2D eigenvalue weighted by molar-refractivity contribution is -0.118. The Morgan fingerprint density at radius 1 is 1.00 bits per heavy atom. The molecule has 0 spiro atoms. The topological polar surface area (TPSA) is 81.7 Å². The van der Waals surface area contributed by atoms with Crippen molar-refractivity contribution in [1.29, 1.82) is 0 Å². The summed E-state index contributed by atoms with van der Waals surface area (Å²) in [7, 11) is 1.27. The summed E-state index contributed by atoms with van der Waals surface area (Å²) in [5.41, 5.74) is 1.18. The van der Waals surface area contributed by atoms with Gasteiger partial charge in [-0.1, -0.05) is 12.1 Å². The van der Waals surface area contributed by atoms with Crippen molar-refractivity contribution in [3.8, 4) is 5.75 Å². The van der Waals surface area contributed by atoms with Crippen LogP contribution in [0.4, 0.5) is 5.69 Å². The second-order valence-electron chi connectivity index (χ2n) is 4.95. The van der Waals surface area contributed by atoms with Crippen LogP contribution in [0.5, 0.6) is 5.75 Å². The lowest BCUT2D eigenvalue weighted by Gasteiger charge is -2.10. The van der Waals surface area contributed by atoms with E-state index < -0.39 is 11.9 Å². The maximum Gasteiger partial charge on any atom is 0.339 e. The monoisotopic (exact) mass is 327 g/mol. The number of Topliss-reactive ketones (excluding diaryl/α,β-unsaturated/α-hetero) is 1. The van der Waals surface area contributed by atoms with E-state index in [9.17, 15) is 14.4 Å². The van der Waals surface area contributed by atoms with Crippen molar-refractivity contribution >= 4 is 23.3 Å². The minimum atomic E-state index is -0.536. The number of anilines is 1. The molecule has 2 rings (SSSR count). The Balaban J connectivity index is 1.96. The highest BCUT2D eigenvalue weighted by Gasteiger charge is 2.13. The van der Waals surface area contributed by atoms with Gasteiger partial charge in [0.2, 0.25) is 0 Å². The number of ether oxygens (including phenoxy) is 2. The Kier molecular flexibility index (Phi) is 5.68. The number of carbonyl (C=O) groups excluding carboxylic acids is 3. The molecule has 0 aliphatic rings. The Hall–Kier alpha value is -3.15. The molecule has 0 saturated carbocycles. The summed E-state index contributed by atoms with van der Waals surface area (Å²) >= 11 is 0. The van der Waals surface area contributed by atoms with Crippen molar-refractivity contribution in [2.75, 3.05) is 19.0 Å². The molecule has 0 aromatic heterocycles. The van der Waals surface area contributed by atoms with Crippen LogP contribution in [0.1, 0.15) is 27.6 Å². The predicted molar refractivity (Wildman–Crippen MR) is 88.4 cm³/mol. The molecule has 0 heterocycles. The van der Waals surface area contributed by atoms with Gasteiger partial charge in [0.1, 0.15) is 5.75 Å². The smallest absolute Gasteiger partial charge is 0.339 e. The summed E-state index contributed by atoms with van der Waals surface area (Å²) < 4.78 is 10.0. The van der Waals surface area contributed by atoms with Crippen LogP contribution in [0, 0.1) is 0 Å². The van der Waals surface area contributed by atoms with Gasteiger partial charge in [0.05, 0.1) is 18.4 Å². The Labute approximate surface area is 139 Å². The van der Waals surface area contributed by atoms with Crippen molar-refractivity contribution in [2.45, 2.75) is 6.92 Å². The summed E-state index contributed by atoms with van der Waals surface area (Å²) in [6.07, 6.45) is 0. The summed E-state index contributed by atoms with van der Waals surface area (Å²) in [5.74, 6) is -0.524. The average molecular weight is 327 g/mol. The number of rotatable bonds is 6. The molecule has 0 saturated heterocycles. The molecule has 2 aromatic carbocycles. The van der Waals surface area contributed by atoms with Crippen LogP contribution in [0.2, 0.25) is 0 Å².